The highest BCUT2D eigenvalue weighted by molar-refractivity contribution is 5.69. The van der Waals surface area contributed by atoms with Crippen molar-refractivity contribution in [2.24, 2.45) is 0 Å². The molecule has 276 valence electrons. The van der Waals surface area contributed by atoms with Gasteiger partial charge in [-0.25, -0.2) is 0 Å². The fraction of sp³-hybridized carbons (Fsp3) is 0.816. The van der Waals surface area contributed by atoms with Gasteiger partial charge in [0.05, 0.1) is 18.8 Å². The van der Waals surface area contributed by atoms with Crippen molar-refractivity contribution in [3.63, 3.8) is 0 Å². The van der Waals surface area contributed by atoms with Crippen LogP contribution in [0.3, 0.4) is 0 Å². The van der Waals surface area contributed by atoms with E-state index in [0.29, 0.717) is 0 Å². The van der Waals surface area contributed by atoms with E-state index in [-0.39, 0.29) is 31.2 Å². The van der Waals surface area contributed by atoms with Gasteiger partial charge < -0.3 is 47.7 Å². The average Bonchev–Trinajstić information content (AvgIpc) is 3.42. The van der Waals surface area contributed by atoms with Crippen LogP contribution in [0.1, 0.15) is 123 Å². The Balaban J connectivity index is 1.28. The van der Waals surface area contributed by atoms with Crippen molar-refractivity contribution in [3.05, 3.63) is 35.9 Å². The Morgan fingerprint density at radius 3 is 2.29 bits per heavy atom. The number of carbonyl (C=O) groups is 1. The molecule has 0 aromatic heterocycles. The fourth-order valence-electron chi connectivity index (χ4n) is 7.78. The summed E-state index contributed by atoms with van der Waals surface area (Å²) in [6.07, 6.45) is 4.00. The lowest BCUT2D eigenvalue weighted by molar-refractivity contribution is -0.388. The number of aliphatic hydroxyl groups excluding tert-OH is 1. The summed E-state index contributed by atoms with van der Waals surface area (Å²) >= 11 is 0. The summed E-state index contributed by atoms with van der Waals surface area (Å²) in [7, 11) is 0. The highest BCUT2D eigenvalue weighted by Gasteiger charge is 2.58. The quantitative estimate of drug-likeness (QED) is 0.279. The van der Waals surface area contributed by atoms with Gasteiger partial charge in [0, 0.05) is 12.0 Å². The minimum absolute atomic E-state index is 0.0193. The number of benzene rings is 1. The number of aliphatic hydroxyl groups is 1. The molecule has 0 radical (unpaired) electrons. The highest BCUT2D eigenvalue weighted by Crippen LogP contribution is 2.42. The van der Waals surface area contributed by atoms with Crippen LogP contribution in [0.5, 0.6) is 0 Å². The van der Waals surface area contributed by atoms with Gasteiger partial charge in [-0.3, -0.25) is 4.79 Å². The molecule has 12 atom stereocenters. The zero-order valence-corrected chi connectivity index (χ0v) is 29.7. The topological polar surface area (TPSA) is 120 Å². The second-order valence-corrected chi connectivity index (χ2v) is 14.8. The third-order valence-electron chi connectivity index (χ3n) is 10.4. The summed E-state index contributed by atoms with van der Waals surface area (Å²) in [5, 5.41) is 11.9. The number of hydrogen-bond acceptors (Lipinski definition) is 11. The van der Waals surface area contributed by atoms with E-state index in [2.05, 4.69) is 6.92 Å². The molecule has 49 heavy (non-hydrogen) atoms. The molecule has 1 aromatic rings. The summed E-state index contributed by atoms with van der Waals surface area (Å²) in [6, 6.07) is 9.57. The summed E-state index contributed by atoms with van der Waals surface area (Å²) in [5.41, 5.74) is 0.824. The number of hydrogen-bond donors (Lipinski definition) is 1. The normalized spacial score (nSPS) is 40.8. The molecule has 2 bridgehead atoms. The van der Waals surface area contributed by atoms with Crippen molar-refractivity contribution in [1.29, 1.82) is 0 Å². The molecule has 5 heterocycles. The maximum Gasteiger partial charge on any atom is 0.306 e. The Bertz CT molecular complexity index is 1170. The molecule has 1 aromatic carbocycles. The largest absolute Gasteiger partial charge is 0.456 e. The Labute approximate surface area is 291 Å². The third-order valence-corrected chi connectivity index (χ3v) is 10.4. The molecule has 0 spiro atoms. The smallest absolute Gasteiger partial charge is 0.306 e. The molecule has 5 fully saturated rings. The van der Waals surface area contributed by atoms with E-state index < -0.39 is 67.4 Å². The molecule has 11 nitrogen and oxygen atoms in total. The van der Waals surface area contributed by atoms with Crippen molar-refractivity contribution < 1.29 is 52.5 Å². The Morgan fingerprint density at radius 1 is 0.776 bits per heavy atom. The summed E-state index contributed by atoms with van der Waals surface area (Å²) < 4.78 is 57.7. The molecule has 0 amide bonds. The van der Waals surface area contributed by atoms with Crippen LogP contribution < -0.4 is 0 Å². The van der Waals surface area contributed by atoms with Gasteiger partial charge in [0.2, 0.25) is 0 Å². The number of esters is 1. The first-order valence-corrected chi connectivity index (χ1v) is 18.9. The lowest BCUT2D eigenvalue weighted by atomic mass is 9.96. The van der Waals surface area contributed by atoms with Crippen LogP contribution in [-0.4, -0.2) is 91.0 Å². The first kappa shape index (κ1) is 37.1. The van der Waals surface area contributed by atoms with Crippen molar-refractivity contribution in [2.75, 3.05) is 6.61 Å². The van der Waals surface area contributed by atoms with Gasteiger partial charge in [0.15, 0.2) is 30.8 Å². The van der Waals surface area contributed by atoms with Crippen LogP contribution >= 0.6 is 0 Å². The SMILES string of the molecule is CCCCCC1CCCCCCCCCC(=O)OC2C(O)C(OC3COC(c4ccccc4)OC32)OC2C(O1)OC(C)C1OC(C)(C)OC12. The Morgan fingerprint density at radius 2 is 1.51 bits per heavy atom. The molecule has 5 aliphatic heterocycles. The molecule has 6 rings (SSSR count). The van der Waals surface area contributed by atoms with Crippen molar-refractivity contribution in [1.82, 2.24) is 0 Å². The van der Waals surface area contributed by atoms with Crippen LogP contribution in [0.15, 0.2) is 30.3 Å². The monoisotopic (exact) mass is 690 g/mol. The van der Waals surface area contributed by atoms with Crippen LogP contribution in [0.25, 0.3) is 0 Å². The van der Waals surface area contributed by atoms with E-state index in [1.807, 2.05) is 51.1 Å². The minimum atomic E-state index is -1.36. The van der Waals surface area contributed by atoms with E-state index in [1.54, 1.807) is 0 Å². The van der Waals surface area contributed by atoms with Gasteiger partial charge in [-0.05, 0) is 40.0 Å². The Kier molecular flexibility index (Phi) is 13.0. The van der Waals surface area contributed by atoms with Gasteiger partial charge in [0.1, 0.15) is 36.6 Å². The number of unbranched alkanes of at least 4 members (excludes halogenated alkanes) is 2. The lowest BCUT2D eigenvalue weighted by Crippen LogP contribution is -2.66. The predicted molar refractivity (Wildman–Crippen MR) is 178 cm³/mol. The van der Waals surface area contributed by atoms with E-state index in [0.717, 1.165) is 82.6 Å². The van der Waals surface area contributed by atoms with Gasteiger partial charge in [0.25, 0.3) is 0 Å². The maximum atomic E-state index is 13.2. The standard InChI is InChI=1S/C38H58O11/c1-5-6-13-20-26-21-16-10-8-7-9-11-17-22-28(39)45-32-29(40)36(44-27-23-41-35(46-31(27)32)25-18-14-12-15-19-25)47-34-33-30(48-38(3,4)49-33)24(2)42-37(34)43-26/h12,14-15,18-19,24,26-27,29-37,40H,5-11,13,16-17,20-23H2,1-4H3. The second-order valence-electron chi connectivity index (χ2n) is 14.8. The molecular formula is C38H58O11. The maximum absolute atomic E-state index is 13.2. The third kappa shape index (κ3) is 9.42. The Hall–Kier alpha value is -1.67. The lowest BCUT2D eigenvalue weighted by Gasteiger charge is -2.49. The molecule has 5 saturated heterocycles. The highest BCUT2D eigenvalue weighted by atomic mass is 16.8. The van der Waals surface area contributed by atoms with Gasteiger partial charge in [-0.15, -0.1) is 0 Å². The minimum Gasteiger partial charge on any atom is -0.456 e. The van der Waals surface area contributed by atoms with Gasteiger partial charge in [-0.2, -0.15) is 0 Å². The molecule has 12 unspecified atom stereocenters. The van der Waals surface area contributed by atoms with Crippen LogP contribution in [0, 0.1) is 0 Å². The van der Waals surface area contributed by atoms with Crippen molar-refractivity contribution in [2.45, 2.75) is 191 Å². The van der Waals surface area contributed by atoms with Crippen molar-refractivity contribution in [3.8, 4) is 0 Å². The number of carbonyl (C=O) groups excluding carboxylic acids is 1. The molecule has 11 heteroatoms. The molecule has 0 saturated carbocycles. The first-order chi connectivity index (χ1) is 23.7. The zero-order valence-electron chi connectivity index (χ0n) is 29.7. The molecule has 0 aliphatic carbocycles. The van der Waals surface area contributed by atoms with Crippen LogP contribution in [0.2, 0.25) is 0 Å². The number of fused-ring (bicyclic) bond motifs is 7. The van der Waals surface area contributed by atoms with Crippen LogP contribution in [-0.2, 0) is 47.4 Å². The number of ether oxygens (including phenoxy) is 9. The van der Waals surface area contributed by atoms with E-state index in [9.17, 15) is 9.90 Å². The summed E-state index contributed by atoms with van der Waals surface area (Å²) in [5.74, 6) is -1.25. The number of rotatable bonds is 5. The second kappa shape index (κ2) is 17.2. The average molecular weight is 691 g/mol. The molecule has 1 N–H and O–H groups in total. The summed E-state index contributed by atoms with van der Waals surface area (Å²) in [6.45, 7) is 8.07. The molecule has 5 aliphatic rings. The van der Waals surface area contributed by atoms with E-state index >= 15 is 0 Å². The summed E-state index contributed by atoms with van der Waals surface area (Å²) in [4.78, 5) is 13.2. The fourth-order valence-corrected chi connectivity index (χ4v) is 7.78. The van der Waals surface area contributed by atoms with Gasteiger partial charge in [-0.1, -0.05) is 95.0 Å². The molecular weight excluding hydrogens is 632 g/mol. The van der Waals surface area contributed by atoms with Crippen molar-refractivity contribution >= 4 is 5.97 Å². The predicted octanol–water partition coefficient (Wildman–Crippen LogP) is 6.24. The van der Waals surface area contributed by atoms with E-state index in [4.69, 9.17) is 42.6 Å². The first-order valence-electron chi connectivity index (χ1n) is 18.9. The van der Waals surface area contributed by atoms with Gasteiger partial charge >= 0.3 is 5.97 Å². The van der Waals surface area contributed by atoms with Crippen LogP contribution in [0.4, 0.5) is 0 Å². The zero-order chi connectivity index (χ0) is 34.4. The van der Waals surface area contributed by atoms with E-state index in [1.165, 1.54) is 0 Å².